The molecule has 37 heavy (non-hydrogen) atoms. The van der Waals surface area contributed by atoms with E-state index in [1.807, 2.05) is 18.4 Å². The van der Waals surface area contributed by atoms with Gasteiger partial charge >= 0.3 is 0 Å². The van der Waals surface area contributed by atoms with Crippen molar-refractivity contribution in [1.29, 1.82) is 0 Å². The van der Waals surface area contributed by atoms with Crippen LogP contribution in [0.4, 0.5) is 10.1 Å². The summed E-state index contributed by atoms with van der Waals surface area (Å²) in [4.78, 5) is 43.8. The third-order valence-electron chi connectivity index (χ3n) is 7.11. The molecular weight excluding hydrogens is 495 g/mol. The van der Waals surface area contributed by atoms with E-state index >= 15 is 0 Å². The van der Waals surface area contributed by atoms with Crippen LogP contribution in [0.3, 0.4) is 0 Å². The molecule has 8 nitrogen and oxygen atoms in total. The Morgan fingerprint density at radius 3 is 2.68 bits per heavy atom. The normalized spacial score (nSPS) is 19.9. The first-order valence-corrected chi connectivity index (χ1v) is 13.1. The number of rotatable bonds is 5. The first-order valence-electron chi connectivity index (χ1n) is 12.2. The highest BCUT2D eigenvalue weighted by atomic mass is 32.1. The summed E-state index contributed by atoms with van der Waals surface area (Å²) in [7, 11) is 0. The van der Waals surface area contributed by atoms with E-state index in [0.717, 1.165) is 17.5 Å². The van der Waals surface area contributed by atoms with E-state index < -0.39 is 4.92 Å². The SMILES string of the molecule is C[C@H]1CN(C(=O)CN2CCc3sccc3[C@H]2c2cccc(F)c2)CCN1C(=O)c1cccc([N+](=O)[O-])c1. The zero-order valence-electron chi connectivity index (χ0n) is 20.4. The third kappa shape index (κ3) is 5.12. The number of non-ortho nitro benzene ring substituents is 1. The van der Waals surface area contributed by atoms with Crippen LogP contribution in [0.2, 0.25) is 0 Å². The number of carbonyl (C=O) groups excluding carboxylic acids is 2. The van der Waals surface area contributed by atoms with Crippen molar-refractivity contribution >= 4 is 28.8 Å². The van der Waals surface area contributed by atoms with E-state index in [-0.39, 0.29) is 47.5 Å². The van der Waals surface area contributed by atoms with Gasteiger partial charge in [0.25, 0.3) is 11.6 Å². The molecule has 0 radical (unpaired) electrons. The van der Waals surface area contributed by atoms with E-state index in [4.69, 9.17) is 0 Å². The summed E-state index contributed by atoms with van der Waals surface area (Å²) in [5.74, 6) is -0.616. The van der Waals surface area contributed by atoms with Gasteiger partial charge in [-0.25, -0.2) is 4.39 Å². The molecule has 2 atom stereocenters. The van der Waals surface area contributed by atoms with Gasteiger partial charge in [0, 0.05) is 54.8 Å². The Morgan fingerprint density at radius 1 is 1.11 bits per heavy atom. The fourth-order valence-corrected chi connectivity index (χ4v) is 6.19. The largest absolute Gasteiger partial charge is 0.338 e. The molecule has 3 heterocycles. The molecule has 192 valence electrons. The van der Waals surface area contributed by atoms with Crippen LogP contribution >= 0.6 is 11.3 Å². The summed E-state index contributed by atoms with van der Waals surface area (Å²) >= 11 is 1.69. The molecule has 0 N–H and O–H groups in total. The maximum Gasteiger partial charge on any atom is 0.270 e. The lowest BCUT2D eigenvalue weighted by molar-refractivity contribution is -0.384. The molecule has 2 aromatic carbocycles. The fraction of sp³-hybridized carbons (Fsp3) is 0.333. The summed E-state index contributed by atoms with van der Waals surface area (Å²) in [6, 6.07) is 13.9. The molecule has 5 rings (SSSR count). The molecule has 0 unspecified atom stereocenters. The number of halogens is 1. The van der Waals surface area contributed by atoms with Crippen LogP contribution in [0, 0.1) is 15.9 Å². The van der Waals surface area contributed by atoms with Gasteiger partial charge in [-0.05, 0) is 54.1 Å². The molecule has 1 saturated heterocycles. The van der Waals surface area contributed by atoms with Crippen LogP contribution in [-0.4, -0.2) is 70.2 Å². The Morgan fingerprint density at radius 2 is 1.92 bits per heavy atom. The highest BCUT2D eigenvalue weighted by Gasteiger charge is 2.35. The number of nitro groups is 1. The molecule has 3 aromatic rings. The predicted molar refractivity (Wildman–Crippen MR) is 138 cm³/mol. The van der Waals surface area contributed by atoms with Gasteiger partial charge in [-0.15, -0.1) is 11.3 Å². The second-order valence-electron chi connectivity index (χ2n) is 9.47. The van der Waals surface area contributed by atoms with Crippen molar-refractivity contribution in [3.63, 3.8) is 0 Å². The van der Waals surface area contributed by atoms with Crippen LogP contribution in [0.1, 0.15) is 39.3 Å². The lowest BCUT2D eigenvalue weighted by Crippen LogP contribution is -2.57. The molecule has 0 spiro atoms. The second-order valence-corrected chi connectivity index (χ2v) is 10.5. The topological polar surface area (TPSA) is 87.0 Å². The predicted octanol–water partition coefficient (Wildman–Crippen LogP) is 4.12. The van der Waals surface area contributed by atoms with Gasteiger partial charge in [-0.1, -0.05) is 18.2 Å². The van der Waals surface area contributed by atoms with Crippen molar-refractivity contribution < 1.29 is 18.9 Å². The highest BCUT2D eigenvalue weighted by molar-refractivity contribution is 7.10. The van der Waals surface area contributed by atoms with Gasteiger partial charge in [0.05, 0.1) is 17.5 Å². The molecule has 1 aromatic heterocycles. The van der Waals surface area contributed by atoms with E-state index in [1.165, 1.54) is 35.2 Å². The van der Waals surface area contributed by atoms with Crippen LogP contribution in [-0.2, 0) is 11.2 Å². The Labute approximate surface area is 218 Å². The smallest absolute Gasteiger partial charge is 0.270 e. The van der Waals surface area contributed by atoms with Crippen molar-refractivity contribution in [2.75, 3.05) is 32.7 Å². The monoisotopic (exact) mass is 522 g/mol. The average Bonchev–Trinajstić information content (AvgIpc) is 3.37. The summed E-state index contributed by atoms with van der Waals surface area (Å²) in [6.45, 7) is 3.87. The number of nitrogens with zero attached hydrogens (tertiary/aromatic N) is 4. The average molecular weight is 523 g/mol. The van der Waals surface area contributed by atoms with E-state index in [2.05, 4.69) is 11.0 Å². The maximum atomic E-state index is 14.1. The van der Waals surface area contributed by atoms with Crippen molar-refractivity contribution in [2.24, 2.45) is 0 Å². The van der Waals surface area contributed by atoms with Gasteiger partial charge in [0.1, 0.15) is 5.82 Å². The van der Waals surface area contributed by atoms with Gasteiger partial charge in [-0.3, -0.25) is 24.6 Å². The second kappa shape index (κ2) is 10.4. The lowest BCUT2D eigenvalue weighted by Gasteiger charge is -2.42. The standard InChI is InChI=1S/C27H27FN4O4S/c1-18-16-29(11-12-31(18)27(34)20-5-3-7-22(15-20)32(35)36)25(33)17-30-10-8-24-23(9-13-37-24)26(30)19-4-2-6-21(28)14-19/h2-7,9,13-15,18,26H,8,10-12,16-17H2,1H3/t18-,26+/m0/s1. The number of hydrogen-bond donors (Lipinski definition) is 0. The number of hydrogen-bond acceptors (Lipinski definition) is 6. The van der Waals surface area contributed by atoms with Crippen molar-refractivity contribution in [3.8, 4) is 0 Å². The molecule has 1 fully saturated rings. The molecule has 0 aliphatic carbocycles. The number of thiophene rings is 1. The van der Waals surface area contributed by atoms with E-state index in [9.17, 15) is 24.1 Å². The first-order chi connectivity index (χ1) is 17.8. The van der Waals surface area contributed by atoms with Gasteiger partial charge in [-0.2, -0.15) is 0 Å². The minimum absolute atomic E-state index is 0.0330. The Hall–Kier alpha value is -3.63. The molecule has 2 aliphatic heterocycles. The highest BCUT2D eigenvalue weighted by Crippen LogP contribution is 2.38. The van der Waals surface area contributed by atoms with Crippen LogP contribution in [0.15, 0.2) is 60.0 Å². The lowest BCUT2D eigenvalue weighted by atomic mass is 9.93. The maximum absolute atomic E-state index is 14.1. The Balaban J connectivity index is 1.28. The fourth-order valence-electron chi connectivity index (χ4n) is 5.28. The van der Waals surface area contributed by atoms with Crippen LogP contribution in [0.5, 0.6) is 0 Å². The quantitative estimate of drug-likeness (QED) is 0.372. The Bertz CT molecular complexity index is 1350. The summed E-state index contributed by atoms with van der Waals surface area (Å²) < 4.78 is 14.1. The molecule has 2 amide bonds. The summed E-state index contributed by atoms with van der Waals surface area (Å²) in [5, 5.41) is 13.1. The van der Waals surface area contributed by atoms with Gasteiger partial charge in [0.15, 0.2) is 0 Å². The molecule has 0 bridgehead atoms. The van der Waals surface area contributed by atoms with Crippen LogP contribution in [0.25, 0.3) is 0 Å². The van der Waals surface area contributed by atoms with E-state index in [1.54, 1.807) is 33.3 Å². The number of carbonyl (C=O) groups is 2. The summed E-state index contributed by atoms with van der Waals surface area (Å²) in [5.41, 5.74) is 2.08. The number of benzene rings is 2. The van der Waals surface area contributed by atoms with Crippen molar-refractivity contribution in [1.82, 2.24) is 14.7 Å². The number of fused-ring (bicyclic) bond motifs is 1. The number of nitro benzene ring substituents is 1. The van der Waals surface area contributed by atoms with Crippen molar-refractivity contribution in [3.05, 3.63) is 97.5 Å². The minimum atomic E-state index is -0.520. The molecule has 2 aliphatic rings. The van der Waals surface area contributed by atoms with E-state index in [0.29, 0.717) is 26.2 Å². The number of amides is 2. The molecular formula is C27H27FN4O4S. The van der Waals surface area contributed by atoms with Crippen molar-refractivity contribution in [2.45, 2.75) is 25.4 Å². The minimum Gasteiger partial charge on any atom is -0.338 e. The Kier molecular flexibility index (Phi) is 7.03. The van der Waals surface area contributed by atoms with Crippen LogP contribution < -0.4 is 0 Å². The summed E-state index contributed by atoms with van der Waals surface area (Å²) in [6.07, 6.45) is 0.841. The zero-order valence-corrected chi connectivity index (χ0v) is 21.2. The first kappa shape index (κ1) is 25.0. The van der Waals surface area contributed by atoms with Gasteiger partial charge in [0.2, 0.25) is 5.91 Å². The van der Waals surface area contributed by atoms with Gasteiger partial charge < -0.3 is 9.80 Å². The zero-order chi connectivity index (χ0) is 26.1. The molecule has 10 heteroatoms. The third-order valence-corrected chi connectivity index (χ3v) is 8.11. The number of piperazine rings is 1. The molecule has 0 saturated carbocycles.